The van der Waals surface area contributed by atoms with Crippen LogP contribution in [0.15, 0.2) is 59.7 Å². The Morgan fingerprint density at radius 1 is 1.24 bits per heavy atom. The zero-order valence-corrected chi connectivity index (χ0v) is 12.1. The number of hydrogen-bond acceptors (Lipinski definition) is 4. The highest BCUT2D eigenvalue weighted by atomic mass is 16.3. The molecule has 21 heavy (non-hydrogen) atoms. The summed E-state index contributed by atoms with van der Waals surface area (Å²) in [6.45, 7) is 2.11. The molecule has 5 nitrogen and oxygen atoms in total. The van der Waals surface area contributed by atoms with Crippen LogP contribution in [-0.2, 0) is 7.05 Å². The fraction of sp³-hybridized carbons (Fsp3) is 0.250. The van der Waals surface area contributed by atoms with Gasteiger partial charge in [-0.25, -0.2) is 4.98 Å². The molecule has 0 amide bonds. The Morgan fingerprint density at radius 3 is 2.76 bits per heavy atom. The van der Waals surface area contributed by atoms with Crippen LogP contribution in [0.5, 0.6) is 0 Å². The summed E-state index contributed by atoms with van der Waals surface area (Å²) in [5.74, 6) is 1.76. The van der Waals surface area contributed by atoms with E-state index in [0.717, 1.165) is 17.1 Å². The van der Waals surface area contributed by atoms with E-state index in [4.69, 9.17) is 4.42 Å². The Balaban J connectivity index is 1.89. The van der Waals surface area contributed by atoms with Gasteiger partial charge in [-0.05, 0) is 30.7 Å². The van der Waals surface area contributed by atoms with Crippen LogP contribution in [-0.4, -0.2) is 14.5 Å². The molecule has 0 aliphatic carbocycles. The van der Waals surface area contributed by atoms with Crippen LogP contribution < -0.4 is 5.32 Å². The van der Waals surface area contributed by atoms with Crippen molar-refractivity contribution >= 4 is 0 Å². The van der Waals surface area contributed by atoms with Crippen LogP contribution in [0, 0.1) is 0 Å². The highest BCUT2D eigenvalue weighted by Crippen LogP contribution is 2.24. The molecule has 5 heteroatoms. The van der Waals surface area contributed by atoms with Crippen molar-refractivity contribution in [1.29, 1.82) is 0 Å². The molecule has 0 fully saturated rings. The Labute approximate surface area is 123 Å². The maximum absolute atomic E-state index is 5.58. The fourth-order valence-electron chi connectivity index (χ4n) is 2.37. The molecular weight excluding hydrogens is 264 g/mol. The maximum atomic E-state index is 5.58. The van der Waals surface area contributed by atoms with E-state index in [1.54, 1.807) is 18.7 Å². The van der Waals surface area contributed by atoms with E-state index in [1.165, 1.54) is 0 Å². The van der Waals surface area contributed by atoms with Gasteiger partial charge in [0.15, 0.2) is 0 Å². The number of rotatable bonds is 5. The number of furan rings is 1. The number of aromatic nitrogens is 3. The Kier molecular flexibility index (Phi) is 3.83. The van der Waals surface area contributed by atoms with Crippen molar-refractivity contribution in [1.82, 2.24) is 19.9 Å². The van der Waals surface area contributed by atoms with E-state index in [9.17, 15) is 0 Å². The minimum absolute atomic E-state index is 0.102. The van der Waals surface area contributed by atoms with Crippen molar-refractivity contribution in [2.45, 2.75) is 19.0 Å². The number of nitrogens with zero attached hydrogens (tertiary/aromatic N) is 3. The molecule has 0 aliphatic rings. The summed E-state index contributed by atoms with van der Waals surface area (Å²) in [4.78, 5) is 8.62. The second-order valence-corrected chi connectivity index (χ2v) is 5.02. The molecule has 3 aromatic rings. The van der Waals surface area contributed by atoms with Crippen LogP contribution in [0.4, 0.5) is 0 Å². The van der Waals surface area contributed by atoms with Gasteiger partial charge in [-0.15, -0.1) is 0 Å². The number of pyridine rings is 1. The minimum atomic E-state index is -0.102. The summed E-state index contributed by atoms with van der Waals surface area (Å²) in [5, 5.41) is 3.56. The molecule has 3 aromatic heterocycles. The third-order valence-electron chi connectivity index (χ3n) is 3.55. The number of nitrogens with one attached hydrogen (secondary N) is 1. The Morgan fingerprint density at radius 2 is 2.14 bits per heavy atom. The highest BCUT2D eigenvalue weighted by Gasteiger charge is 2.23. The van der Waals surface area contributed by atoms with E-state index in [-0.39, 0.29) is 12.1 Å². The summed E-state index contributed by atoms with van der Waals surface area (Å²) >= 11 is 0. The minimum Gasteiger partial charge on any atom is -0.467 e. The molecule has 0 saturated carbocycles. The molecule has 2 atom stereocenters. The van der Waals surface area contributed by atoms with Gasteiger partial charge in [0.05, 0.1) is 6.26 Å². The van der Waals surface area contributed by atoms with Crippen molar-refractivity contribution in [2.75, 3.05) is 0 Å². The molecule has 0 bridgehead atoms. The SMILES string of the molecule is CC(NC(c1ccco1)c1nccn1C)c1cccnc1. The van der Waals surface area contributed by atoms with Crippen LogP contribution >= 0.6 is 0 Å². The van der Waals surface area contributed by atoms with Gasteiger partial charge in [-0.1, -0.05) is 6.07 Å². The lowest BCUT2D eigenvalue weighted by Gasteiger charge is -2.21. The second kappa shape index (κ2) is 5.93. The van der Waals surface area contributed by atoms with E-state index < -0.39 is 0 Å². The highest BCUT2D eigenvalue weighted by molar-refractivity contribution is 5.19. The van der Waals surface area contributed by atoms with Crippen molar-refractivity contribution < 1.29 is 4.42 Å². The van der Waals surface area contributed by atoms with Crippen molar-refractivity contribution in [2.24, 2.45) is 7.05 Å². The van der Waals surface area contributed by atoms with Gasteiger partial charge in [0.25, 0.3) is 0 Å². The molecular formula is C16H18N4O. The largest absolute Gasteiger partial charge is 0.467 e. The van der Waals surface area contributed by atoms with Crippen molar-refractivity contribution in [3.8, 4) is 0 Å². The second-order valence-electron chi connectivity index (χ2n) is 5.02. The maximum Gasteiger partial charge on any atom is 0.133 e. The summed E-state index contributed by atoms with van der Waals surface area (Å²) in [6, 6.07) is 7.88. The molecule has 3 heterocycles. The van der Waals surface area contributed by atoms with Gasteiger partial charge in [-0.2, -0.15) is 0 Å². The normalized spacial score (nSPS) is 14.0. The summed E-state index contributed by atoms with van der Waals surface area (Å²) in [6.07, 6.45) is 9.05. The topological polar surface area (TPSA) is 55.9 Å². The summed E-state index contributed by atoms with van der Waals surface area (Å²) in [7, 11) is 1.98. The summed E-state index contributed by atoms with van der Waals surface area (Å²) in [5.41, 5.74) is 1.13. The van der Waals surface area contributed by atoms with Gasteiger partial charge in [-0.3, -0.25) is 10.3 Å². The van der Waals surface area contributed by atoms with Crippen LogP contribution in [0.1, 0.15) is 36.2 Å². The molecule has 0 saturated heterocycles. The molecule has 0 aromatic carbocycles. The van der Waals surface area contributed by atoms with E-state index in [1.807, 2.05) is 42.2 Å². The van der Waals surface area contributed by atoms with Crippen molar-refractivity contribution in [3.63, 3.8) is 0 Å². The first-order valence-electron chi connectivity index (χ1n) is 6.92. The van der Waals surface area contributed by atoms with Crippen LogP contribution in [0.2, 0.25) is 0 Å². The van der Waals surface area contributed by atoms with Crippen LogP contribution in [0.3, 0.4) is 0 Å². The zero-order chi connectivity index (χ0) is 14.7. The molecule has 0 spiro atoms. The fourth-order valence-corrected chi connectivity index (χ4v) is 2.37. The lowest BCUT2D eigenvalue weighted by atomic mass is 10.1. The molecule has 3 rings (SSSR count). The van der Waals surface area contributed by atoms with Gasteiger partial charge >= 0.3 is 0 Å². The zero-order valence-electron chi connectivity index (χ0n) is 12.1. The van der Waals surface area contributed by atoms with E-state index >= 15 is 0 Å². The summed E-state index contributed by atoms with van der Waals surface area (Å²) < 4.78 is 7.58. The Bertz CT molecular complexity index is 675. The first-order chi connectivity index (χ1) is 10.3. The first kappa shape index (κ1) is 13.6. The van der Waals surface area contributed by atoms with Gasteiger partial charge in [0, 0.05) is 37.9 Å². The van der Waals surface area contributed by atoms with Gasteiger partial charge in [0.1, 0.15) is 17.6 Å². The predicted molar refractivity (Wildman–Crippen MR) is 79.5 cm³/mol. The third-order valence-corrected chi connectivity index (χ3v) is 3.55. The third kappa shape index (κ3) is 2.87. The number of imidazole rings is 1. The van der Waals surface area contributed by atoms with E-state index in [2.05, 4.69) is 28.3 Å². The van der Waals surface area contributed by atoms with Gasteiger partial charge < -0.3 is 8.98 Å². The molecule has 108 valence electrons. The smallest absolute Gasteiger partial charge is 0.133 e. The lowest BCUT2D eigenvalue weighted by molar-refractivity contribution is 0.402. The Hall–Kier alpha value is -2.40. The monoisotopic (exact) mass is 282 g/mol. The molecule has 0 aliphatic heterocycles. The lowest BCUT2D eigenvalue weighted by Crippen LogP contribution is -2.27. The molecule has 0 radical (unpaired) electrons. The van der Waals surface area contributed by atoms with Gasteiger partial charge in [0.2, 0.25) is 0 Å². The molecule has 1 N–H and O–H groups in total. The standard InChI is InChI=1S/C16H18N4O/c1-12(13-5-3-7-17-11-13)19-15(14-6-4-10-21-14)16-18-8-9-20(16)2/h3-12,15,19H,1-2H3. The van der Waals surface area contributed by atoms with E-state index in [0.29, 0.717) is 0 Å². The average molecular weight is 282 g/mol. The molecule has 2 unspecified atom stereocenters. The average Bonchev–Trinajstić information content (AvgIpc) is 3.17. The number of hydrogen-bond donors (Lipinski definition) is 1. The van der Waals surface area contributed by atoms with Crippen molar-refractivity contribution in [3.05, 3.63) is 72.5 Å². The number of aryl methyl sites for hydroxylation is 1. The quantitative estimate of drug-likeness (QED) is 0.782. The van der Waals surface area contributed by atoms with Crippen LogP contribution in [0.25, 0.3) is 0 Å². The predicted octanol–water partition coefficient (Wildman–Crippen LogP) is 2.85. The first-order valence-corrected chi connectivity index (χ1v) is 6.92.